The highest BCUT2D eigenvalue weighted by atomic mass is 19.1. The molecule has 1 atom stereocenters. The van der Waals surface area contributed by atoms with Crippen LogP contribution in [0.25, 0.3) is 0 Å². The van der Waals surface area contributed by atoms with E-state index in [-0.39, 0.29) is 5.78 Å². The first-order valence-corrected chi connectivity index (χ1v) is 5.94. The number of likely N-dealkylation sites (tertiary alicyclic amines) is 1. The molecule has 1 unspecified atom stereocenters. The van der Waals surface area contributed by atoms with Crippen molar-refractivity contribution in [3.63, 3.8) is 0 Å². The lowest BCUT2D eigenvalue weighted by Crippen LogP contribution is -2.41. The fraction of sp³-hybridized carbons (Fsp3) is 0.615. The van der Waals surface area contributed by atoms with E-state index >= 15 is 0 Å². The molecule has 1 aliphatic heterocycles. The van der Waals surface area contributed by atoms with Crippen molar-refractivity contribution in [1.29, 1.82) is 0 Å². The summed E-state index contributed by atoms with van der Waals surface area (Å²) in [5, 5.41) is 0. The van der Waals surface area contributed by atoms with Crippen molar-refractivity contribution in [3.05, 3.63) is 23.8 Å². The number of piperidine rings is 1. The van der Waals surface area contributed by atoms with E-state index in [4.69, 9.17) is 0 Å². The molecule has 0 aromatic heterocycles. The summed E-state index contributed by atoms with van der Waals surface area (Å²) < 4.78 is 13.0. The lowest BCUT2D eigenvalue weighted by Gasteiger charge is -2.34. The van der Waals surface area contributed by atoms with Gasteiger partial charge < -0.3 is 0 Å². The maximum atomic E-state index is 13.0. The van der Waals surface area contributed by atoms with Gasteiger partial charge in [-0.1, -0.05) is 18.2 Å². The summed E-state index contributed by atoms with van der Waals surface area (Å²) in [7, 11) is 0. The highest BCUT2D eigenvalue weighted by Crippen LogP contribution is 2.21. The predicted octanol–water partition coefficient (Wildman–Crippen LogP) is 2.26. The highest BCUT2D eigenvalue weighted by molar-refractivity contribution is 5.96. The van der Waals surface area contributed by atoms with Crippen molar-refractivity contribution >= 4 is 5.78 Å². The summed E-state index contributed by atoms with van der Waals surface area (Å²) in [6.45, 7) is 3.25. The molecule has 0 aromatic rings. The zero-order chi connectivity index (χ0) is 11.5. The van der Waals surface area contributed by atoms with Gasteiger partial charge in [-0.3, -0.25) is 9.69 Å². The molecule has 1 fully saturated rings. The van der Waals surface area contributed by atoms with E-state index in [0.717, 1.165) is 25.1 Å². The average Bonchev–Trinajstić information content (AvgIpc) is 2.30. The summed E-state index contributed by atoms with van der Waals surface area (Å²) in [6.07, 6.45) is 7.53. The van der Waals surface area contributed by atoms with Gasteiger partial charge >= 0.3 is 0 Å². The van der Waals surface area contributed by atoms with Crippen LogP contribution in [-0.4, -0.2) is 36.0 Å². The second kappa shape index (κ2) is 4.91. The Hall–Kier alpha value is -0.960. The average molecular weight is 223 g/mol. The number of rotatable bonds is 2. The first-order valence-electron chi connectivity index (χ1n) is 5.94. The van der Waals surface area contributed by atoms with Crippen LogP contribution in [-0.2, 0) is 4.79 Å². The Morgan fingerprint density at radius 3 is 2.62 bits per heavy atom. The molecule has 0 saturated carbocycles. The molecule has 0 spiro atoms. The van der Waals surface area contributed by atoms with Gasteiger partial charge in [-0.15, -0.1) is 0 Å². The van der Waals surface area contributed by atoms with Crippen LogP contribution in [0.1, 0.15) is 26.2 Å². The Kier molecular flexibility index (Phi) is 3.54. The maximum absolute atomic E-state index is 13.0. The largest absolute Gasteiger partial charge is 0.296 e. The minimum atomic E-state index is -0.618. The van der Waals surface area contributed by atoms with E-state index in [9.17, 15) is 9.18 Å². The van der Waals surface area contributed by atoms with Gasteiger partial charge in [-0.25, -0.2) is 4.39 Å². The number of carbonyl (C=O) groups excluding carboxylic acids is 1. The minimum absolute atomic E-state index is 0.122. The zero-order valence-corrected chi connectivity index (χ0v) is 9.66. The number of allylic oxidation sites excluding steroid dienone is 2. The molecule has 0 bridgehead atoms. The normalized spacial score (nSPS) is 27.9. The number of hydrogen-bond acceptors (Lipinski definition) is 2. The van der Waals surface area contributed by atoms with Crippen molar-refractivity contribution in [2.75, 3.05) is 13.1 Å². The van der Waals surface area contributed by atoms with E-state index < -0.39 is 6.17 Å². The molecule has 0 amide bonds. The summed E-state index contributed by atoms with van der Waals surface area (Å²) in [5.74, 6) is 0.122. The molecule has 0 radical (unpaired) electrons. The Morgan fingerprint density at radius 1 is 1.44 bits per heavy atom. The van der Waals surface area contributed by atoms with Crippen LogP contribution in [0.5, 0.6) is 0 Å². The van der Waals surface area contributed by atoms with E-state index in [0.29, 0.717) is 18.9 Å². The standard InChI is InChI=1S/C13H18FNO/c1-10(16)11-2-4-13(5-3-11)15-8-6-12(14)7-9-15/h2-4,12-13H,5-9H2,1H3. The third-order valence-corrected chi connectivity index (χ3v) is 3.41. The minimum Gasteiger partial charge on any atom is -0.296 e. The van der Waals surface area contributed by atoms with Crippen LogP contribution in [0.4, 0.5) is 4.39 Å². The van der Waals surface area contributed by atoms with Gasteiger partial charge in [0.05, 0.1) is 0 Å². The Morgan fingerprint density at radius 2 is 2.12 bits per heavy atom. The predicted molar refractivity (Wildman–Crippen MR) is 62.0 cm³/mol. The smallest absolute Gasteiger partial charge is 0.159 e. The molecule has 1 aliphatic carbocycles. The van der Waals surface area contributed by atoms with Crippen molar-refractivity contribution in [3.8, 4) is 0 Å². The Labute approximate surface area is 95.8 Å². The molecule has 16 heavy (non-hydrogen) atoms. The lowest BCUT2D eigenvalue weighted by atomic mass is 9.97. The van der Waals surface area contributed by atoms with Gasteiger partial charge in [0, 0.05) is 24.7 Å². The zero-order valence-electron chi connectivity index (χ0n) is 9.66. The fourth-order valence-corrected chi connectivity index (χ4v) is 2.34. The molecule has 88 valence electrons. The number of Topliss-reactive ketones (excluding diaryl/α,β-unsaturated/α-hetero) is 1. The van der Waals surface area contributed by atoms with Crippen LogP contribution in [0.15, 0.2) is 23.8 Å². The third kappa shape index (κ3) is 2.59. The molecule has 3 heteroatoms. The Bertz CT molecular complexity index is 327. The van der Waals surface area contributed by atoms with Crippen molar-refractivity contribution in [2.24, 2.45) is 0 Å². The molecule has 2 rings (SSSR count). The number of carbonyl (C=O) groups is 1. The summed E-state index contributed by atoms with van der Waals surface area (Å²) >= 11 is 0. The van der Waals surface area contributed by atoms with Crippen molar-refractivity contribution < 1.29 is 9.18 Å². The van der Waals surface area contributed by atoms with Gasteiger partial charge in [0.2, 0.25) is 0 Å². The first-order chi connectivity index (χ1) is 7.66. The fourth-order valence-electron chi connectivity index (χ4n) is 2.34. The SMILES string of the molecule is CC(=O)C1=CCC(N2CCC(F)CC2)C=C1. The lowest BCUT2D eigenvalue weighted by molar-refractivity contribution is -0.113. The van der Waals surface area contributed by atoms with Gasteiger partial charge in [-0.05, 0) is 26.2 Å². The molecular formula is C13H18FNO. The van der Waals surface area contributed by atoms with Crippen LogP contribution in [0, 0.1) is 0 Å². The van der Waals surface area contributed by atoms with Crippen LogP contribution in [0.3, 0.4) is 0 Å². The van der Waals surface area contributed by atoms with Gasteiger partial charge in [-0.2, -0.15) is 0 Å². The van der Waals surface area contributed by atoms with Gasteiger partial charge in [0.1, 0.15) is 6.17 Å². The topological polar surface area (TPSA) is 20.3 Å². The van der Waals surface area contributed by atoms with Crippen LogP contribution < -0.4 is 0 Å². The number of alkyl halides is 1. The molecular weight excluding hydrogens is 205 g/mol. The summed E-state index contributed by atoms with van der Waals surface area (Å²) in [4.78, 5) is 13.4. The number of halogens is 1. The molecule has 0 N–H and O–H groups in total. The van der Waals surface area contributed by atoms with Crippen LogP contribution >= 0.6 is 0 Å². The second-order valence-corrected chi connectivity index (χ2v) is 4.59. The maximum Gasteiger partial charge on any atom is 0.159 e. The summed E-state index contributed by atoms with van der Waals surface area (Å²) in [5.41, 5.74) is 0.802. The molecule has 2 aliphatic rings. The number of hydrogen-bond donors (Lipinski definition) is 0. The first kappa shape index (κ1) is 11.5. The monoisotopic (exact) mass is 223 g/mol. The highest BCUT2D eigenvalue weighted by Gasteiger charge is 2.24. The molecule has 0 aromatic carbocycles. The van der Waals surface area contributed by atoms with Crippen LogP contribution in [0.2, 0.25) is 0 Å². The van der Waals surface area contributed by atoms with E-state index in [1.54, 1.807) is 6.92 Å². The van der Waals surface area contributed by atoms with E-state index in [1.165, 1.54) is 0 Å². The third-order valence-electron chi connectivity index (χ3n) is 3.41. The van der Waals surface area contributed by atoms with E-state index in [1.807, 2.05) is 12.2 Å². The van der Waals surface area contributed by atoms with Gasteiger partial charge in [0.25, 0.3) is 0 Å². The number of ketones is 1. The molecule has 1 heterocycles. The van der Waals surface area contributed by atoms with Crippen molar-refractivity contribution in [1.82, 2.24) is 4.90 Å². The Balaban J connectivity index is 1.90. The van der Waals surface area contributed by atoms with Crippen molar-refractivity contribution in [2.45, 2.75) is 38.4 Å². The molecule has 1 saturated heterocycles. The quantitative estimate of drug-likeness (QED) is 0.715. The van der Waals surface area contributed by atoms with Gasteiger partial charge in [0.15, 0.2) is 5.78 Å². The number of nitrogens with zero attached hydrogens (tertiary/aromatic N) is 1. The second-order valence-electron chi connectivity index (χ2n) is 4.59. The summed E-state index contributed by atoms with van der Waals surface area (Å²) in [6, 6.07) is 0.357. The van der Waals surface area contributed by atoms with E-state index in [2.05, 4.69) is 11.0 Å². The molecule has 2 nitrogen and oxygen atoms in total.